The Kier molecular flexibility index (Phi) is 5.91. The standard InChI is InChI=1S/C9H20N2O4S/c1-6(2)8(9(12)15-5)11-16(13,14)10-7(3)4/h6-8,10-11H,1-5H3. The first-order chi connectivity index (χ1) is 7.19. The van der Waals surface area contributed by atoms with Crippen molar-refractivity contribution in [1.82, 2.24) is 9.44 Å². The molecule has 0 saturated heterocycles. The van der Waals surface area contributed by atoms with Crippen molar-refractivity contribution in [3.05, 3.63) is 0 Å². The molecule has 0 radical (unpaired) electrons. The predicted octanol–water partition coefficient (Wildman–Crippen LogP) is 0.0164. The lowest BCUT2D eigenvalue weighted by Gasteiger charge is -2.20. The van der Waals surface area contributed by atoms with Gasteiger partial charge >= 0.3 is 5.97 Å². The summed E-state index contributed by atoms with van der Waals surface area (Å²) in [5.74, 6) is -0.777. The minimum absolute atomic E-state index is 0.184. The lowest BCUT2D eigenvalue weighted by molar-refractivity contribution is -0.143. The maximum atomic E-state index is 11.5. The van der Waals surface area contributed by atoms with Crippen LogP contribution < -0.4 is 9.44 Å². The fraction of sp³-hybridized carbons (Fsp3) is 0.889. The second-order valence-electron chi connectivity index (χ2n) is 4.14. The van der Waals surface area contributed by atoms with Crippen molar-refractivity contribution in [1.29, 1.82) is 0 Å². The van der Waals surface area contributed by atoms with Crippen molar-refractivity contribution < 1.29 is 17.9 Å². The molecule has 96 valence electrons. The van der Waals surface area contributed by atoms with Gasteiger partial charge in [-0.25, -0.2) is 0 Å². The van der Waals surface area contributed by atoms with Crippen LogP contribution in [0.4, 0.5) is 0 Å². The Morgan fingerprint density at radius 1 is 1.12 bits per heavy atom. The quantitative estimate of drug-likeness (QED) is 0.652. The van der Waals surface area contributed by atoms with Gasteiger partial charge < -0.3 is 4.74 Å². The predicted molar refractivity (Wildman–Crippen MR) is 61.0 cm³/mol. The number of carbonyl (C=O) groups is 1. The summed E-state index contributed by atoms with van der Waals surface area (Å²) < 4.78 is 32.2. The first kappa shape index (κ1) is 15.3. The van der Waals surface area contributed by atoms with Gasteiger partial charge in [-0.15, -0.1) is 0 Å². The molecule has 6 nitrogen and oxygen atoms in total. The zero-order valence-electron chi connectivity index (χ0n) is 10.3. The van der Waals surface area contributed by atoms with Crippen LogP contribution in [0.2, 0.25) is 0 Å². The van der Waals surface area contributed by atoms with Crippen LogP contribution in [0.3, 0.4) is 0 Å². The molecule has 0 fully saturated rings. The Morgan fingerprint density at radius 2 is 1.62 bits per heavy atom. The van der Waals surface area contributed by atoms with Crippen LogP contribution in [0.15, 0.2) is 0 Å². The first-order valence-corrected chi connectivity index (χ1v) is 6.55. The molecule has 0 heterocycles. The third-order valence-corrected chi connectivity index (χ3v) is 3.14. The molecule has 0 spiro atoms. The number of ether oxygens (including phenoxy) is 1. The van der Waals surface area contributed by atoms with Crippen molar-refractivity contribution in [2.75, 3.05) is 7.11 Å². The van der Waals surface area contributed by atoms with E-state index in [0.29, 0.717) is 0 Å². The molecule has 0 bridgehead atoms. The van der Waals surface area contributed by atoms with Crippen molar-refractivity contribution >= 4 is 16.2 Å². The van der Waals surface area contributed by atoms with Gasteiger partial charge in [0.2, 0.25) is 0 Å². The molecule has 0 saturated carbocycles. The van der Waals surface area contributed by atoms with Crippen LogP contribution >= 0.6 is 0 Å². The van der Waals surface area contributed by atoms with E-state index >= 15 is 0 Å². The number of carbonyl (C=O) groups excluding carboxylic acids is 1. The zero-order valence-corrected chi connectivity index (χ0v) is 11.1. The van der Waals surface area contributed by atoms with E-state index in [1.54, 1.807) is 27.7 Å². The van der Waals surface area contributed by atoms with Crippen LogP contribution in [-0.2, 0) is 19.7 Å². The molecule has 0 aromatic carbocycles. The average Bonchev–Trinajstić information content (AvgIpc) is 2.10. The van der Waals surface area contributed by atoms with Gasteiger partial charge in [0.15, 0.2) is 0 Å². The van der Waals surface area contributed by atoms with Crippen LogP contribution in [0.25, 0.3) is 0 Å². The molecule has 1 unspecified atom stereocenters. The SMILES string of the molecule is COC(=O)C(NS(=O)(=O)NC(C)C)C(C)C. The summed E-state index contributed by atoms with van der Waals surface area (Å²) in [6.45, 7) is 6.86. The first-order valence-electron chi connectivity index (χ1n) is 5.07. The molecule has 2 N–H and O–H groups in total. The lowest BCUT2D eigenvalue weighted by Crippen LogP contribution is -2.50. The van der Waals surface area contributed by atoms with E-state index in [1.807, 2.05) is 0 Å². The maximum absolute atomic E-state index is 11.5. The van der Waals surface area contributed by atoms with Gasteiger partial charge in [0.1, 0.15) is 6.04 Å². The Balaban J connectivity index is 4.70. The summed E-state index contributed by atoms with van der Waals surface area (Å²) in [6.07, 6.45) is 0. The van der Waals surface area contributed by atoms with Crippen LogP contribution in [0.5, 0.6) is 0 Å². The second-order valence-corrected chi connectivity index (χ2v) is 5.62. The Morgan fingerprint density at radius 3 is 1.94 bits per heavy atom. The van der Waals surface area contributed by atoms with Gasteiger partial charge in [0.05, 0.1) is 7.11 Å². The largest absolute Gasteiger partial charge is 0.468 e. The maximum Gasteiger partial charge on any atom is 0.324 e. The summed E-state index contributed by atoms with van der Waals surface area (Å²) in [5, 5.41) is 0. The highest BCUT2D eigenvalue weighted by molar-refractivity contribution is 7.87. The van der Waals surface area contributed by atoms with E-state index in [4.69, 9.17) is 0 Å². The number of nitrogens with one attached hydrogen (secondary N) is 2. The number of methoxy groups -OCH3 is 1. The molecule has 0 aromatic heterocycles. The summed E-state index contributed by atoms with van der Waals surface area (Å²) in [4.78, 5) is 11.3. The highest BCUT2D eigenvalue weighted by Gasteiger charge is 2.28. The topological polar surface area (TPSA) is 84.5 Å². The molecule has 0 aliphatic carbocycles. The van der Waals surface area contributed by atoms with Crippen LogP contribution in [0.1, 0.15) is 27.7 Å². The molecule has 7 heteroatoms. The minimum atomic E-state index is -3.68. The van der Waals surface area contributed by atoms with E-state index in [2.05, 4.69) is 14.2 Å². The third kappa shape index (κ3) is 5.43. The van der Waals surface area contributed by atoms with E-state index < -0.39 is 22.2 Å². The van der Waals surface area contributed by atoms with E-state index in [-0.39, 0.29) is 12.0 Å². The van der Waals surface area contributed by atoms with Gasteiger partial charge in [-0.3, -0.25) is 4.79 Å². The van der Waals surface area contributed by atoms with E-state index in [0.717, 1.165) is 0 Å². The summed E-state index contributed by atoms with van der Waals surface area (Å²) >= 11 is 0. The third-order valence-electron chi connectivity index (χ3n) is 1.79. The minimum Gasteiger partial charge on any atom is -0.468 e. The molecule has 1 atom stereocenters. The number of esters is 1. The van der Waals surface area contributed by atoms with Crippen molar-refractivity contribution in [2.24, 2.45) is 5.92 Å². The fourth-order valence-corrected chi connectivity index (χ4v) is 2.49. The molecule has 16 heavy (non-hydrogen) atoms. The smallest absolute Gasteiger partial charge is 0.324 e. The van der Waals surface area contributed by atoms with Crippen molar-refractivity contribution in [3.8, 4) is 0 Å². The normalized spacial score (nSPS) is 14.2. The second kappa shape index (κ2) is 6.17. The number of rotatable bonds is 6. The van der Waals surface area contributed by atoms with E-state index in [1.165, 1.54) is 7.11 Å². The Hall–Kier alpha value is -0.660. The highest BCUT2D eigenvalue weighted by atomic mass is 32.2. The van der Waals surface area contributed by atoms with Gasteiger partial charge in [-0.1, -0.05) is 13.8 Å². The average molecular weight is 252 g/mol. The van der Waals surface area contributed by atoms with Gasteiger partial charge in [-0.05, 0) is 19.8 Å². The Labute approximate surface area is 96.9 Å². The molecule has 0 aromatic rings. The molecule has 0 amide bonds. The summed E-state index contributed by atoms with van der Waals surface area (Å²) in [5.41, 5.74) is 0. The summed E-state index contributed by atoms with van der Waals surface area (Å²) in [7, 11) is -2.46. The summed E-state index contributed by atoms with van der Waals surface area (Å²) in [6, 6.07) is -1.11. The lowest BCUT2D eigenvalue weighted by atomic mass is 10.1. The fourth-order valence-electron chi connectivity index (χ4n) is 1.09. The molecule has 0 aliphatic heterocycles. The Bertz CT molecular complexity index is 324. The van der Waals surface area contributed by atoms with E-state index in [9.17, 15) is 13.2 Å². The highest BCUT2D eigenvalue weighted by Crippen LogP contribution is 2.04. The number of hydrogen-bond acceptors (Lipinski definition) is 4. The van der Waals surface area contributed by atoms with Crippen molar-refractivity contribution in [2.45, 2.75) is 39.8 Å². The van der Waals surface area contributed by atoms with Crippen LogP contribution in [0, 0.1) is 5.92 Å². The van der Waals surface area contributed by atoms with Gasteiger partial charge in [0, 0.05) is 6.04 Å². The molecular weight excluding hydrogens is 232 g/mol. The molecule has 0 aliphatic rings. The zero-order chi connectivity index (χ0) is 12.9. The van der Waals surface area contributed by atoms with Crippen LogP contribution in [-0.4, -0.2) is 33.6 Å². The van der Waals surface area contributed by atoms with Crippen molar-refractivity contribution in [3.63, 3.8) is 0 Å². The monoisotopic (exact) mass is 252 g/mol. The number of hydrogen-bond donors (Lipinski definition) is 2. The molecular formula is C9H20N2O4S. The van der Waals surface area contributed by atoms with Gasteiger partial charge in [-0.2, -0.15) is 17.9 Å². The van der Waals surface area contributed by atoms with Gasteiger partial charge in [0.25, 0.3) is 10.2 Å². The molecule has 0 rings (SSSR count).